The fraction of sp³-hybridized carbons (Fsp3) is 0.500. The number of rotatable bonds is 2. The number of aromatic carboxylic acids is 1. The van der Waals surface area contributed by atoms with E-state index < -0.39 is 11.4 Å². The molecule has 6 heteroatoms. The molecule has 0 atom stereocenters. The Balaban J connectivity index is 1.95. The molecular weight excluding hydrogens is 308 g/mol. The Hall–Kier alpha value is -2.37. The highest BCUT2D eigenvalue weighted by Gasteiger charge is 2.51. The normalized spacial score (nSPS) is 19.1. The number of anilines is 1. The Morgan fingerprint density at radius 1 is 1.21 bits per heavy atom. The van der Waals surface area contributed by atoms with E-state index in [4.69, 9.17) is 0 Å². The van der Waals surface area contributed by atoms with E-state index >= 15 is 0 Å². The number of carbonyl (C=O) groups excluding carboxylic acids is 2. The maximum absolute atomic E-state index is 12.9. The molecule has 0 radical (unpaired) electrons. The quantitative estimate of drug-likeness (QED) is 0.898. The second-order valence-corrected chi connectivity index (χ2v) is 6.96. The Labute approximate surface area is 141 Å². The fourth-order valence-electron chi connectivity index (χ4n) is 3.85. The van der Waals surface area contributed by atoms with Crippen molar-refractivity contribution >= 4 is 23.5 Å². The third-order valence-corrected chi connectivity index (χ3v) is 5.26. The molecule has 2 aliphatic heterocycles. The van der Waals surface area contributed by atoms with Crippen molar-refractivity contribution in [2.45, 2.75) is 32.1 Å². The molecule has 128 valence electrons. The predicted molar refractivity (Wildman–Crippen MR) is 89.1 cm³/mol. The van der Waals surface area contributed by atoms with E-state index in [-0.39, 0.29) is 23.3 Å². The van der Waals surface area contributed by atoms with E-state index in [1.165, 1.54) is 6.07 Å². The Morgan fingerprint density at radius 3 is 2.38 bits per heavy atom. The van der Waals surface area contributed by atoms with Gasteiger partial charge in [-0.3, -0.25) is 9.59 Å². The van der Waals surface area contributed by atoms with Crippen molar-refractivity contribution in [3.63, 3.8) is 0 Å². The monoisotopic (exact) mass is 330 g/mol. The number of piperidine rings is 1. The first-order chi connectivity index (χ1) is 11.3. The SMILES string of the molecule is CC(C)C(=O)N1CCC2(CC1)C(=O)N(C)c1ccc(C(=O)O)cc12. The second-order valence-electron chi connectivity index (χ2n) is 6.96. The van der Waals surface area contributed by atoms with E-state index in [9.17, 15) is 19.5 Å². The van der Waals surface area contributed by atoms with E-state index in [1.54, 1.807) is 24.1 Å². The third-order valence-electron chi connectivity index (χ3n) is 5.26. The molecule has 24 heavy (non-hydrogen) atoms. The summed E-state index contributed by atoms with van der Waals surface area (Å²) in [6.07, 6.45) is 1.06. The molecule has 1 aromatic carbocycles. The average Bonchev–Trinajstić information content (AvgIpc) is 2.77. The van der Waals surface area contributed by atoms with Gasteiger partial charge in [0.2, 0.25) is 11.8 Å². The van der Waals surface area contributed by atoms with Gasteiger partial charge in [-0.25, -0.2) is 4.79 Å². The van der Waals surface area contributed by atoms with Gasteiger partial charge >= 0.3 is 5.97 Å². The van der Waals surface area contributed by atoms with E-state index in [1.807, 2.05) is 18.7 Å². The molecule has 1 fully saturated rings. The number of likely N-dealkylation sites (tertiary alicyclic amines) is 1. The zero-order chi connectivity index (χ0) is 17.6. The molecule has 3 rings (SSSR count). The molecule has 2 amide bonds. The van der Waals surface area contributed by atoms with Gasteiger partial charge in [-0.2, -0.15) is 0 Å². The lowest BCUT2D eigenvalue weighted by Gasteiger charge is -2.39. The molecule has 1 N–H and O–H groups in total. The Bertz CT molecular complexity index is 718. The fourth-order valence-corrected chi connectivity index (χ4v) is 3.85. The number of carbonyl (C=O) groups is 3. The van der Waals surface area contributed by atoms with Crippen molar-refractivity contribution in [3.8, 4) is 0 Å². The summed E-state index contributed by atoms with van der Waals surface area (Å²) in [6, 6.07) is 4.86. The van der Waals surface area contributed by atoms with E-state index in [0.29, 0.717) is 25.9 Å². The van der Waals surface area contributed by atoms with Crippen molar-refractivity contribution in [2.24, 2.45) is 5.92 Å². The van der Waals surface area contributed by atoms with Crippen LogP contribution in [0.2, 0.25) is 0 Å². The minimum atomic E-state index is -0.998. The minimum absolute atomic E-state index is 0.00307. The van der Waals surface area contributed by atoms with Crippen LogP contribution >= 0.6 is 0 Å². The number of likely N-dealkylation sites (N-methyl/N-ethyl adjacent to an activating group) is 1. The summed E-state index contributed by atoms with van der Waals surface area (Å²) < 4.78 is 0. The van der Waals surface area contributed by atoms with Crippen molar-refractivity contribution in [3.05, 3.63) is 29.3 Å². The van der Waals surface area contributed by atoms with Crippen LogP contribution in [-0.2, 0) is 15.0 Å². The van der Waals surface area contributed by atoms with Gasteiger partial charge in [-0.05, 0) is 36.6 Å². The number of hydrogen-bond donors (Lipinski definition) is 1. The average molecular weight is 330 g/mol. The van der Waals surface area contributed by atoms with Crippen LogP contribution in [-0.4, -0.2) is 47.9 Å². The molecule has 0 bridgehead atoms. The lowest BCUT2D eigenvalue weighted by molar-refractivity contribution is -0.138. The van der Waals surface area contributed by atoms with E-state index in [0.717, 1.165) is 11.3 Å². The molecule has 0 aromatic heterocycles. The van der Waals surface area contributed by atoms with Crippen LogP contribution < -0.4 is 4.90 Å². The Kier molecular flexibility index (Phi) is 3.86. The summed E-state index contributed by atoms with van der Waals surface area (Å²) in [4.78, 5) is 39.8. The molecule has 0 saturated carbocycles. The van der Waals surface area contributed by atoms with Gasteiger partial charge in [0.05, 0.1) is 11.0 Å². The number of nitrogens with zero attached hydrogens (tertiary/aromatic N) is 2. The number of hydrogen-bond acceptors (Lipinski definition) is 3. The van der Waals surface area contributed by atoms with Crippen LogP contribution in [0.25, 0.3) is 0 Å². The molecule has 2 aliphatic rings. The summed E-state index contributed by atoms with van der Waals surface area (Å²) in [7, 11) is 1.72. The van der Waals surface area contributed by atoms with Gasteiger partial charge < -0.3 is 14.9 Å². The molecule has 1 spiro atoms. The summed E-state index contributed by atoms with van der Waals surface area (Å²) in [5, 5.41) is 9.26. The molecule has 1 aromatic rings. The maximum atomic E-state index is 12.9. The summed E-state index contributed by atoms with van der Waals surface area (Å²) in [5.74, 6) is -0.964. The molecular formula is C18H22N2O4. The van der Waals surface area contributed by atoms with E-state index in [2.05, 4.69) is 0 Å². The Morgan fingerprint density at radius 2 is 1.83 bits per heavy atom. The van der Waals surface area contributed by atoms with Crippen molar-refractivity contribution < 1.29 is 19.5 Å². The number of fused-ring (bicyclic) bond motifs is 2. The smallest absolute Gasteiger partial charge is 0.335 e. The topological polar surface area (TPSA) is 77.9 Å². The highest BCUT2D eigenvalue weighted by Crippen LogP contribution is 2.47. The highest BCUT2D eigenvalue weighted by molar-refractivity contribution is 6.08. The number of amides is 2. The molecule has 0 unspecified atom stereocenters. The zero-order valence-corrected chi connectivity index (χ0v) is 14.2. The molecule has 6 nitrogen and oxygen atoms in total. The first kappa shape index (κ1) is 16.5. The summed E-state index contributed by atoms with van der Waals surface area (Å²) in [6.45, 7) is 4.78. The lowest BCUT2D eigenvalue weighted by Crippen LogP contribution is -2.50. The van der Waals surface area contributed by atoms with Crippen LogP contribution in [0, 0.1) is 5.92 Å². The van der Waals surface area contributed by atoms with Crippen LogP contribution in [0.5, 0.6) is 0 Å². The van der Waals surface area contributed by atoms with Gasteiger partial charge in [0.15, 0.2) is 0 Å². The van der Waals surface area contributed by atoms with Gasteiger partial charge in [0.25, 0.3) is 0 Å². The number of carboxylic acid groups (broad SMARTS) is 1. The minimum Gasteiger partial charge on any atom is -0.478 e. The van der Waals surface area contributed by atoms with Crippen LogP contribution in [0.3, 0.4) is 0 Å². The zero-order valence-electron chi connectivity index (χ0n) is 14.2. The molecule has 2 heterocycles. The number of benzene rings is 1. The van der Waals surface area contributed by atoms with Gasteiger partial charge in [0, 0.05) is 31.7 Å². The van der Waals surface area contributed by atoms with Crippen LogP contribution in [0.1, 0.15) is 42.6 Å². The molecule has 0 aliphatic carbocycles. The highest BCUT2D eigenvalue weighted by atomic mass is 16.4. The van der Waals surface area contributed by atoms with Crippen molar-refractivity contribution in [2.75, 3.05) is 25.0 Å². The maximum Gasteiger partial charge on any atom is 0.335 e. The summed E-state index contributed by atoms with van der Waals surface area (Å²) in [5.41, 5.74) is 1.04. The van der Waals surface area contributed by atoms with Crippen LogP contribution in [0.15, 0.2) is 18.2 Å². The standard InChI is InChI=1S/C18H22N2O4/c1-11(2)15(21)20-8-6-18(7-9-20)13-10-12(16(22)23)4-5-14(13)19(3)17(18)24/h4-5,10-11H,6-9H2,1-3H3,(H,22,23). The third kappa shape index (κ3) is 2.28. The van der Waals surface area contributed by atoms with Crippen molar-refractivity contribution in [1.82, 2.24) is 4.90 Å². The van der Waals surface area contributed by atoms with Gasteiger partial charge in [-0.1, -0.05) is 13.8 Å². The first-order valence-electron chi connectivity index (χ1n) is 8.22. The van der Waals surface area contributed by atoms with Crippen molar-refractivity contribution in [1.29, 1.82) is 0 Å². The van der Waals surface area contributed by atoms with Crippen LogP contribution in [0.4, 0.5) is 5.69 Å². The van der Waals surface area contributed by atoms with Gasteiger partial charge in [-0.15, -0.1) is 0 Å². The number of carboxylic acids is 1. The largest absolute Gasteiger partial charge is 0.478 e. The second kappa shape index (κ2) is 5.61. The predicted octanol–water partition coefficient (Wildman–Crippen LogP) is 1.88. The van der Waals surface area contributed by atoms with Gasteiger partial charge in [0.1, 0.15) is 0 Å². The first-order valence-corrected chi connectivity index (χ1v) is 8.22. The molecule has 1 saturated heterocycles. The lowest BCUT2D eigenvalue weighted by atomic mass is 9.73. The summed E-state index contributed by atoms with van der Waals surface area (Å²) >= 11 is 0.